The molecule has 0 spiro atoms. The van der Waals surface area contributed by atoms with Crippen molar-refractivity contribution in [2.24, 2.45) is 0 Å². The van der Waals surface area contributed by atoms with Crippen LogP contribution in [0.4, 0.5) is 10.8 Å². The molecule has 1 heterocycles. The Labute approximate surface area is 305 Å². The molecule has 0 fully saturated rings. The molecule has 5 aromatic rings. The minimum absolute atomic E-state index is 0.0298. The number of thiazole rings is 1. The van der Waals surface area contributed by atoms with Crippen molar-refractivity contribution in [3.8, 4) is 0 Å². The summed E-state index contributed by atoms with van der Waals surface area (Å²) < 4.78 is 5.00. The third kappa shape index (κ3) is 10.7. The maximum atomic E-state index is 13.6. The molecule has 1 aromatic heterocycles. The van der Waals surface area contributed by atoms with Crippen molar-refractivity contribution in [3.63, 3.8) is 0 Å². The Hall–Kier alpha value is -5.52. The number of nitrogens with one attached hydrogen (secondary N) is 3. The highest BCUT2D eigenvalue weighted by Crippen LogP contribution is 2.37. The van der Waals surface area contributed by atoms with E-state index >= 15 is 0 Å². The molecule has 0 bridgehead atoms. The number of amides is 3. The van der Waals surface area contributed by atoms with Gasteiger partial charge in [-0.05, 0) is 72.0 Å². The van der Waals surface area contributed by atoms with Crippen LogP contribution >= 0.6 is 23.1 Å². The Kier molecular flexibility index (Phi) is 12.9. The van der Waals surface area contributed by atoms with Crippen LogP contribution in [0.2, 0.25) is 0 Å². The Balaban J connectivity index is 1.30. The highest BCUT2D eigenvalue weighted by atomic mass is 32.2. The highest BCUT2D eigenvalue weighted by molar-refractivity contribution is 8.00. The summed E-state index contributed by atoms with van der Waals surface area (Å²) in [6.45, 7) is 6.25. The van der Waals surface area contributed by atoms with Crippen LogP contribution in [0.3, 0.4) is 0 Å². The first-order valence-corrected chi connectivity index (χ1v) is 18.2. The number of carbonyl (C=O) groups excluding carboxylic acids is 4. The fourth-order valence-corrected chi connectivity index (χ4v) is 6.65. The van der Waals surface area contributed by atoms with Crippen LogP contribution in [-0.4, -0.2) is 35.3 Å². The number of benzene rings is 4. The zero-order valence-corrected chi connectivity index (χ0v) is 30.1. The molecule has 260 valence electrons. The molecule has 51 heavy (non-hydrogen) atoms. The lowest BCUT2D eigenvalue weighted by atomic mass is 10.0. The quantitative estimate of drug-likeness (QED) is 0.0600. The number of ether oxygens (including phenoxy) is 1. The van der Waals surface area contributed by atoms with E-state index < -0.39 is 17.1 Å². The van der Waals surface area contributed by atoms with Crippen LogP contribution in [-0.2, 0) is 25.5 Å². The van der Waals surface area contributed by atoms with Crippen LogP contribution in [0, 0.1) is 0 Å². The molecular weight excluding hydrogens is 681 g/mol. The molecule has 0 aliphatic rings. The molecule has 0 radical (unpaired) electrons. The first-order chi connectivity index (χ1) is 24.7. The summed E-state index contributed by atoms with van der Waals surface area (Å²) in [4.78, 5) is 57.3. The Morgan fingerprint density at radius 3 is 2.14 bits per heavy atom. The van der Waals surface area contributed by atoms with Crippen LogP contribution in [0.25, 0.3) is 6.08 Å². The fourth-order valence-electron chi connectivity index (χ4n) is 4.91. The molecule has 3 amide bonds. The summed E-state index contributed by atoms with van der Waals surface area (Å²) in [5.74, 6) is -1.18. The second kappa shape index (κ2) is 17.9. The summed E-state index contributed by atoms with van der Waals surface area (Å²) in [5.41, 5.74) is 4.28. The summed E-state index contributed by atoms with van der Waals surface area (Å²) in [5, 5.41) is 10.1. The lowest BCUT2D eigenvalue weighted by Crippen LogP contribution is -2.30. The number of anilines is 2. The number of thioether (sulfide) groups is 1. The minimum Gasteiger partial charge on any atom is -0.466 e. The van der Waals surface area contributed by atoms with E-state index in [1.165, 1.54) is 28.7 Å². The zero-order valence-electron chi connectivity index (χ0n) is 28.4. The van der Waals surface area contributed by atoms with Crippen LogP contribution < -0.4 is 16.0 Å². The maximum absolute atomic E-state index is 13.6. The SMILES string of the molecule is CCOC(=O)Cc1csc(NC(=O)C(Sc2ccc(NC(=O)/C(=C/c3ccc(C(C)C)cc3)NC(=O)c3ccccc3)cc2)c2ccccc2)n1. The van der Waals surface area contributed by atoms with Crippen molar-refractivity contribution in [3.05, 3.63) is 148 Å². The van der Waals surface area contributed by atoms with Gasteiger partial charge < -0.3 is 20.7 Å². The number of rotatable bonds is 14. The number of nitrogens with zero attached hydrogens (tertiary/aromatic N) is 1. The second-order valence-electron chi connectivity index (χ2n) is 11.7. The second-order valence-corrected chi connectivity index (χ2v) is 13.7. The summed E-state index contributed by atoms with van der Waals surface area (Å²) >= 11 is 2.59. The van der Waals surface area contributed by atoms with Crippen LogP contribution in [0.1, 0.15) is 64.7 Å². The Morgan fingerprint density at radius 2 is 1.49 bits per heavy atom. The van der Waals surface area contributed by atoms with Gasteiger partial charge in [-0.1, -0.05) is 86.6 Å². The van der Waals surface area contributed by atoms with Crippen molar-refractivity contribution in [1.82, 2.24) is 10.3 Å². The molecule has 0 saturated carbocycles. The average molecular weight is 719 g/mol. The van der Waals surface area contributed by atoms with Gasteiger partial charge in [0.15, 0.2) is 5.13 Å². The van der Waals surface area contributed by atoms with Gasteiger partial charge in [-0.3, -0.25) is 19.2 Å². The van der Waals surface area contributed by atoms with E-state index in [-0.39, 0.29) is 30.6 Å². The molecule has 0 saturated heterocycles. The first kappa shape index (κ1) is 36.8. The van der Waals surface area contributed by atoms with E-state index in [1.807, 2.05) is 72.8 Å². The highest BCUT2D eigenvalue weighted by Gasteiger charge is 2.24. The van der Waals surface area contributed by atoms with Gasteiger partial charge in [0.25, 0.3) is 11.8 Å². The van der Waals surface area contributed by atoms with Gasteiger partial charge in [0.2, 0.25) is 5.91 Å². The van der Waals surface area contributed by atoms with Crippen molar-refractivity contribution in [1.29, 1.82) is 0 Å². The number of esters is 1. The van der Waals surface area contributed by atoms with Gasteiger partial charge in [0, 0.05) is 21.5 Å². The predicted octanol–water partition coefficient (Wildman–Crippen LogP) is 8.25. The predicted molar refractivity (Wildman–Crippen MR) is 204 cm³/mol. The first-order valence-electron chi connectivity index (χ1n) is 16.4. The monoisotopic (exact) mass is 718 g/mol. The van der Waals surface area contributed by atoms with Gasteiger partial charge in [-0.25, -0.2) is 4.98 Å². The number of hydrogen-bond acceptors (Lipinski definition) is 8. The average Bonchev–Trinajstić information content (AvgIpc) is 3.57. The maximum Gasteiger partial charge on any atom is 0.311 e. The van der Waals surface area contributed by atoms with Crippen molar-refractivity contribution in [2.75, 3.05) is 17.2 Å². The smallest absolute Gasteiger partial charge is 0.311 e. The normalized spacial score (nSPS) is 11.8. The van der Waals surface area contributed by atoms with Crippen molar-refractivity contribution >= 4 is 63.7 Å². The molecule has 0 aliphatic heterocycles. The molecule has 4 aromatic carbocycles. The van der Waals surface area contributed by atoms with E-state index in [1.54, 1.807) is 54.8 Å². The molecule has 0 aliphatic carbocycles. The molecule has 1 atom stereocenters. The van der Waals surface area contributed by atoms with Gasteiger partial charge in [0.1, 0.15) is 10.9 Å². The summed E-state index contributed by atoms with van der Waals surface area (Å²) in [6, 6.07) is 33.1. The van der Waals surface area contributed by atoms with E-state index in [2.05, 4.69) is 34.8 Å². The molecule has 5 rings (SSSR count). The molecule has 11 heteroatoms. The van der Waals surface area contributed by atoms with Crippen molar-refractivity contribution in [2.45, 2.75) is 43.3 Å². The van der Waals surface area contributed by atoms with E-state index in [4.69, 9.17) is 4.74 Å². The van der Waals surface area contributed by atoms with E-state index in [0.29, 0.717) is 28.0 Å². The number of hydrogen-bond donors (Lipinski definition) is 3. The van der Waals surface area contributed by atoms with Crippen LogP contribution in [0.5, 0.6) is 0 Å². The van der Waals surface area contributed by atoms with Crippen molar-refractivity contribution < 1.29 is 23.9 Å². The van der Waals surface area contributed by atoms with Gasteiger partial charge in [0.05, 0.1) is 18.7 Å². The van der Waals surface area contributed by atoms with Gasteiger partial charge in [-0.15, -0.1) is 23.1 Å². The van der Waals surface area contributed by atoms with Gasteiger partial charge >= 0.3 is 5.97 Å². The van der Waals surface area contributed by atoms with E-state index in [9.17, 15) is 19.2 Å². The third-order valence-electron chi connectivity index (χ3n) is 7.56. The molecular formula is C40H38N4O5S2. The Morgan fingerprint density at radius 1 is 0.824 bits per heavy atom. The van der Waals surface area contributed by atoms with E-state index in [0.717, 1.165) is 16.0 Å². The molecule has 9 nitrogen and oxygen atoms in total. The summed E-state index contributed by atoms with van der Waals surface area (Å²) in [6.07, 6.45) is 1.68. The third-order valence-corrected chi connectivity index (χ3v) is 9.63. The standard InChI is InChI=1S/C40H38N4O5S2/c1-4-49-35(45)24-32-25-50-40(42-32)44-39(48)36(29-11-7-5-8-12-29)51-33-21-19-31(20-22-33)41-38(47)34(43-37(46)30-13-9-6-10-14-30)23-27-15-17-28(18-16-27)26(2)3/h5-23,25-26,36H,4,24H2,1-3H3,(H,41,47)(H,43,46)(H,42,44,48)/b34-23-. The Bertz CT molecular complexity index is 1980. The molecule has 1 unspecified atom stereocenters. The summed E-state index contributed by atoms with van der Waals surface area (Å²) in [7, 11) is 0. The largest absolute Gasteiger partial charge is 0.466 e. The van der Waals surface area contributed by atoms with Gasteiger partial charge in [-0.2, -0.15) is 0 Å². The lowest BCUT2D eigenvalue weighted by molar-refractivity contribution is -0.142. The van der Waals surface area contributed by atoms with Crippen LogP contribution in [0.15, 0.2) is 125 Å². The topological polar surface area (TPSA) is 126 Å². The number of carbonyl (C=O) groups is 4. The lowest BCUT2D eigenvalue weighted by Gasteiger charge is -2.17. The number of aromatic nitrogens is 1. The zero-order chi connectivity index (χ0) is 36.2. The fraction of sp³-hybridized carbons (Fsp3) is 0.175. The molecule has 3 N–H and O–H groups in total. The minimum atomic E-state index is -0.617.